The fraction of sp³-hybridized carbons (Fsp3) is 0.500. The van der Waals surface area contributed by atoms with Gasteiger partial charge in [0, 0.05) is 13.0 Å². The van der Waals surface area contributed by atoms with Crippen LogP contribution in [-0.2, 0) is 24.7 Å². The summed E-state index contributed by atoms with van der Waals surface area (Å²) in [6, 6.07) is 8.73. The van der Waals surface area contributed by atoms with Gasteiger partial charge in [-0.15, -0.1) is 10.2 Å². The van der Waals surface area contributed by atoms with Crippen molar-refractivity contribution in [2.75, 3.05) is 0 Å². The monoisotopic (exact) mass is 335 g/mol. The summed E-state index contributed by atoms with van der Waals surface area (Å²) < 4.78 is 2.26. The summed E-state index contributed by atoms with van der Waals surface area (Å²) in [6.07, 6.45) is 1.95. The average Bonchev–Trinajstić information content (AvgIpc) is 2.79. The molecule has 0 radical (unpaired) electrons. The van der Waals surface area contributed by atoms with Crippen molar-refractivity contribution in [1.82, 2.24) is 14.8 Å². The predicted molar refractivity (Wildman–Crippen MR) is 86.1 cm³/mol. The molecule has 0 fully saturated rings. The van der Waals surface area contributed by atoms with Crippen molar-refractivity contribution in [3.63, 3.8) is 0 Å². The Morgan fingerprint density at radius 3 is 2.30 bits per heavy atom. The van der Waals surface area contributed by atoms with Gasteiger partial charge in [0.05, 0.1) is 5.33 Å². The van der Waals surface area contributed by atoms with Crippen LogP contribution in [-0.4, -0.2) is 14.8 Å². The lowest BCUT2D eigenvalue weighted by Gasteiger charge is -2.11. The van der Waals surface area contributed by atoms with Crippen LogP contribution < -0.4 is 0 Å². The molecule has 2 aromatic rings. The Morgan fingerprint density at radius 1 is 1.05 bits per heavy atom. The van der Waals surface area contributed by atoms with Crippen molar-refractivity contribution in [1.29, 1.82) is 0 Å². The second-order valence-corrected chi connectivity index (χ2v) is 6.22. The Hall–Kier alpha value is -1.16. The van der Waals surface area contributed by atoms with Crippen molar-refractivity contribution in [2.24, 2.45) is 5.92 Å². The number of nitrogens with zero attached hydrogens (tertiary/aromatic N) is 3. The van der Waals surface area contributed by atoms with E-state index in [4.69, 9.17) is 0 Å². The summed E-state index contributed by atoms with van der Waals surface area (Å²) >= 11 is 3.49. The molecular weight excluding hydrogens is 314 g/mol. The van der Waals surface area contributed by atoms with Crippen LogP contribution in [0, 0.1) is 12.8 Å². The Bertz CT molecular complexity index is 543. The number of benzene rings is 1. The van der Waals surface area contributed by atoms with E-state index in [1.807, 2.05) is 0 Å². The van der Waals surface area contributed by atoms with Gasteiger partial charge in [-0.05, 0) is 24.8 Å². The Kier molecular flexibility index (Phi) is 5.35. The molecule has 0 saturated heterocycles. The number of halogens is 1. The number of hydrogen-bond donors (Lipinski definition) is 0. The van der Waals surface area contributed by atoms with E-state index < -0.39 is 0 Å². The molecule has 1 heterocycles. The third kappa shape index (κ3) is 3.92. The Balaban J connectivity index is 2.08. The number of aromatic nitrogens is 3. The van der Waals surface area contributed by atoms with Gasteiger partial charge in [0.2, 0.25) is 0 Å². The third-order valence-corrected chi connectivity index (χ3v) is 3.83. The van der Waals surface area contributed by atoms with Crippen LogP contribution >= 0.6 is 15.9 Å². The highest BCUT2D eigenvalue weighted by atomic mass is 79.9. The van der Waals surface area contributed by atoms with Crippen LogP contribution in [0.3, 0.4) is 0 Å². The lowest BCUT2D eigenvalue weighted by atomic mass is 10.1. The quantitative estimate of drug-likeness (QED) is 0.749. The molecule has 1 aromatic heterocycles. The largest absolute Gasteiger partial charge is 0.314 e. The molecule has 0 atom stereocenters. The first-order valence-corrected chi connectivity index (χ1v) is 8.24. The maximum Gasteiger partial charge on any atom is 0.143 e. The summed E-state index contributed by atoms with van der Waals surface area (Å²) in [5.74, 6) is 2.72. The van der Waals surface area contributed by atoms with Crippen molar-refractivity contribution in [3.05, 3.63) is 47.0 Å². The fourth-order valence-corrected chi connectivity index (χ4v) is 2.66. The molecule has 3 nitrogen and oxygen atoms in total. The van der Waals surface area contributed by atoms with Gasteiger partial charge in [0.1, 0.15) is 11.6 Å². The number of alkyl halides is 1. The molecule has 0 aliphatic rings. The van der Waals surface area contributed by atoms with Crippen molar-refractivity contribution in [3.8, 4) is 0 Å². The highest BCUT2D eigenvalue weighted by Gasteiger charge is 2.12. The second-order valence-electron chi connectivity index (χ2n) is 5.66. The molecule has 0 aliphatic carbocycles. The van der Waals surface area contributed by atoms with Gasteiger partial charge in [0.25, 0.3) is 0 Å². The molecule has 0 saturated carbocycles. The first kappa shape index (κ1) is 15.2. The summed E-state index contributed by atoms with van der Waals surface area (Å²) in [6.45, 7) is 7.55. The summed E-state index contributed by atoms with van der Waals surface area (Å²) in [5.41, 5.74) is 2.66. The molecule has 20 heavy (non-hydrogen) atoms. The molecule has 2 rings (SSSR count). The number of hydrogen-bond acceptors (Lipinski definition) is 2. The molecule has 1 aromatic carbocycles. The van der Waals surface area contributed by atoms with Gasteiger partial charge in [-0.3, -0.25) is 0 Å². The Morgan fingerprint density at radius 2 is 1.70 bits per heavy atom. The molecule has 108 valence electrons. The first-order chi connectivity index (χ1) is 9.60. The molecule has 0 amide bonds. The summed E-state index contributed by atoms with van der Waals surface area (Å²) in [5, 5.41) is 9.40. The van der Waals surface area contributed by atoms with E-state index in [1.165, 1.54) is 11.1 Å². The zero-order valence-corrected chi connectivity index (χ0v) is 14.0. The molecule has 4 heteroatoms. The molecule has 0 spiro atoms. The Labute approximate surface area is 129 Å². The number of rotatable bonds is 6. The minimum absolute atomic E-state index is 0.599. The minimum atomic E-state index is 0.599. The van der Waals surface area contributed by atoms with Gasteiger partial charge >= 0.3 is 0 Å². The zero-order chi connectivity index (χ0) is 14.5. The van der Waals surface area contributed by atoms with Gasteiger partial charge in [-0.25, -0.2) is 0 Å². The second kappa shape index (κ2) is 7.02. The predicted octanol–water partition coefficient (Wildman–Crippen LogP) is 3.92. The third-order valence-electron chi connectivity index (χ3n) is 3.33. The van der Waals surface area contributed by atoms with Crippen LogP contribution in [0.15, 0.2) is 24.3 Å². The lowest BCUT2D eigenvalue weighted by Crippen LogP contribution is -2.12. The zero-order valence-electron chi connectivity index (χ0n) is 12.4. The van der Waals surface area contributed by atoms with E-state index in [-0.39, 0.29) is 0 Å². The van der Waals surface area contributed by atoms with Crippen molar-refractivity contribution < 1.29 is 0 Å². The smallest absolute Gasteiger partial charge is 0.143 e. The van der Waals surface area contributed by atoms with Gasteiger partial charge in [0.15, 0.2) is 0 Å². The maximum atomic E-state index is 4.36. The highest BCUT2D eigenvalue weighted by molar-refractivity contribution is 9.08. The fourth-order valence-electron chi connectivity index (χ4n) is 2.24. The van der Waals surface area contributed by atoms with E-state index in [0.29, 0.717) is 5.92 Å². The first-order valence-electron chi connectivity index (χ1n) is 7.12. The number of aryl methyl sites for hydroxylation is 3. The van der Waals surface area contributed by atoms with Crippen LogP contribution in [0.25, 0.3) is 0 Å². The summed E-state index contributed by atoms with van der Waals surface area (Å²) in [4.78, 5) is 0. The molecule has 0 bridgehead atoms. The normalized spacial score (nSPS) is 11.2. The van der Waals surface area contributed by atoms with Gasteiger partial charge < -0.3 is 4.57 Å². The standard InChI is InChI=1S/C16H22BrN3/c1-12(2)11-20-15(18-19-16(20)10-17)9-8-14-6-4-13(3)5-7-14/h4-7,12H,8-11H2,1-3H3. The SMILES string of the molecule is Cc1ccc(CCc2nnc(CBr)n2CC(C)C)cc1. The van der Waals surface area contributed by atoms with Gasteiger partial charge in [-0.2, -0.15) is 0 Å². The van der Waals surface area contributed by atoms with Gasteiger partial charge in [-0.1, -0.05) is 59.6 Å². The van der Waals surface area contributed by atoms with E-state index in [0.717, 1.165) is 36.4 Å². The van der Waals surface area contributed by atoms with E-state index in [2.05, 4.69) is 75.7 Å². The van der Waals surface area contributed by atoms with Crippen LogP contribution in [0.2, 0.25) is 0 Å². The van der Waals surface area contributed by atoms with E-state index in [9.17, 15) is 0 Å². The minimum Gasteiger partial charge on any atom is -0.314 e. The van der Waals surface area contributed by atoms with Crippen LogP contribution in [0.1, 0.15) is 36.6 Å². The average molecular weight is 336 g/mol. The van der Waals surface area contributed by atoms with Crippen LogP contribution in [0.5, 0.6) is 0 Å². The van der Waals surface area contributed by atoms with Crippen molar-refractivity contribution >= 4 is 15.9 Å². The molecule has 0 N–H and O–H groups in total. The highest BCUT2D eigenvalue weighted by Crippen LogP contribution is 2.13. The lowest BCUT2D eigenvalue weighted by molar-refractivity contribution is 0.496. The molecule has 0 unspecified atom stereocenters. The summed E-state index contributed by atoms with van der Waals surface area (Å²) in [7, 11) is 0. The molecular formula is C16H22BrN3. The van der Waals surface area contributed by atoms with Crippen molar-refractivity contribution in [2.45, 2.75) is 45.5 Å². The van der Waals surface area contributed by atoms with E-state index in [1.54, 1.807) is 0 Å². The van der Waals surface area contributed by atoms with Crippen LogP contribution in [0.4, 0.5) is 0 Å². The topological polar surface area (TPSA) is 30.7 Å². The maximum absolute atomic E-state index is 4.36. The molecule has 0 aliphatic heterocycles. The van der Waals surface area contributed by atoms with E-state index >= 15 is 0 Å².